The number of hydrogen-bond acceptors (Lipinski definition) is 5. The van der Waals surface area contributed by atoms with Crippen LogP contribution < -0.4 is 11.3 Å². The van der Waals surface area contributed by atoms with Gasteiger partial charge >= 0.3 is 0 Å². The first-order valence-corrected chi connectivity index (χ1v) is 5.51. The van der Waals surface area contributed by atoms with Gasteiger partial charge in [-0.1, -0.05) is 0 Å². The van der Waals surface area contributed by atoms with Crippen LogP contribution in [0.4, 0.5) is 0 Å². The highest BCUT2D eigenvalue weighted by molar-refractivity contribution is 5.90. The van der Waals surface area contributed by atoms with Crippen molar-refractivity contribution in [2.24, 2.45) is 5.73 Å². The Bertz CT molecular complexity index is 621. The highest BCUT2D eigenvalue weighted by Crippen LogP contribution is 2.45. The molecular formula is C11H11N3O4. The fraction of sp³-hybridized carbons (Fsp3) is 0.364. The summed E-state index contributed by atoms with van der Waals surface area (Å²) in [6.07, 6.45) is 3.11. The number of rotatable bonds is 1. The minimum absolute atomic E-state index is 0.122. The number of carbonyl (C=O) groups excluding carboxylic acids is 1. The number of aliphatic hydroxyl groups is 1. The number of primary amides is 1. The van der Waals surface area contributed by atoms with Crippen LogP contribution in [-0.2, 0) is 10.3 Å². The zero-order valence-corrected chi connectivity index (χ0v) is 9.37. The average molecular weight is 249 g/mol. The van der Waals surface area contributed by atoms with Gasteiger partial charge < -0.3 is 15.6 Å². The van der Waals surface area contributed by atoms with Crippen LogP contribution in [0.2, 0.25) is 0 Å². The van der Waals surface area contributed by atoms with E-state index in [0.29, 0.717) is 12.8 Å². The lowest BCUT2D eigenvalue weighted by atomic mass is 9.75. The minimum atomic E-state index is -1.03. The van der Waals surface area contributed by atoms with Crippen molar-refractivity contribution in [2.75, 3.05) is 0 Å². The molecule has 1 aliphatic carbocycles. The van der Waals surface area contributed by atoms with Crippen LogP contribution in [0.15, 0.2) is 17.1 Å². The largest absolute Gasteiger partial charge is 0.483 e. The van der Waals surface area contributed by atoms with Gasteiger partial charge in [0.15, 0.2) is 11.4 Å². The van der Waals surface area contributed by atoms with E-state index in [0.717, 1.165) is 6.07 Å². The molecule has 2 aliphatic rings. The van der Waals surface area contributed by atoms with Crippen LogP contribution in [0.1, 0.15) is 29.2 Å². The Morgan fingerprint density at radius 1 is 1.67 bits per heavy atom. The van der Waals surface area contributed by atoms with E-state index in [-0.39, 0.29) is 11.5 Å². The van der Waals surface area contributed by atoms with Gasteiger partial charge in [0.25, 0.3) is 11.5 Å². The van der Waals surface area contributed by atoms with Gasteiger partial charge in [-0.15, -0.1) is 0 Å². The van der Waals surface area contributed by atoms with E-state index >= 15 is 0 Å². The molecule has 1 fully saturated rings. The summed E-state index contributed by atoms with van der Waals surface area (Å²) in [5.41, 5.74) is 3.55. The van der Waals surface area contributed by atoms with Gasteiger partial charge in [-0.2, -0.15) is 0 Å². The van der Waals surface area contributed by atoms with Gasteiger partial charge in [-0.05, 0) is 12.8 Å². The van der Waals surface area contributed by atoms with E-state index in [2.05, 4.69) is 4.98 Å². The zero-order chi connectivity index (χ0) is 12.9. The topological polar surface area (TPSA) is 107 Å². The van der Waals surface area contributed by atoms with Gasteiger partial charge in [0, 0.05) is 12.3 Å². The SMILES string of the molecule is NC(=O)c1cc(=O)n2c(n1)C1(CCC1O)OC=C2. The van der Waals surface area contributed by atoms with E-state index in [9.17, 15) is 14.7 Å². The summed E-state index contributed by atoms with van der Waals surface area (Å²) in [4.78, 5) is 27.0. The van der Waals surface area contributed by atoms with Crippen molar-refractivity contribution >= 4 is 12.1 Å². The minimum Gasteiger partial charge on any atom is -0.483 e. The first-order valence-electron chi connectivity index (χ1n) is 5.51. The van der Waals surface area contributed by atoms with Crippen molar-refractivity contribution in [1.29, 1.82) is 0 Å². The van der Waals surface area contributed by atoms with Gasteiger partial charge in [0.05, 0.1) is 0 Å². The van der Waals surface area contributed by atoms with Crippen LogP contribution in [0, 0.1) is 0 Å². The predicted octanol–water partition coefficient (Wildman–Crippen LogP) is -0.849. The molecule has 1 amide bonds. The third-order valence-corrected chi connectivity index (χ3v) is 3.40. The van der Waals surface area contributed by atoms with E-state index in [1.165, 1.54) is 17.0 Å². The van der Waals surface area contributed by atoms with Crippen molar-refractivity contribution in [3.63, 3.8) is 0 Å². The zero-order valence-electron chi connectivity index (χ0n) is 9.37. The monoisotopic (exact) mass is 249 g/mol. The molecule has 94 valence electrons. The number of hydrogen-bond donors (Lipinski definition) is 2. The molecule has 1 saturated carbocycles. The van der Waals surface area contributed by atoms with Crippen LogP contribution in [-0.4, -0.2) is 26.7 Å². The molecule has 1 spiro atoms. The molecule has 1 aliphatic heterocycles. The predicted molar refractivity (Wildman–Crippen MR) is 60.3 cm³/mol. The fourth-order valence-electron chi connectivity index (χ4n) is 2.26. The van der Waals surface area contributed by atoms with E-state index in [1.807, 2.05) is 0 Å². The Morgan fingerprint density at radius 2 is 2.44 bits per heavy atom. The van der Waals surface area contributed by atoms with Crippen molar-refractivity contribution in [1.82, 2.24) is 9.55 Å². The number of carbonyl (C=O) groups is 1. The first-order chi connectivity index (χ1) is 8.54. The molecule has 2 heterocycles. The van der Waals surface area contributed by atoms with E-state index in [4.69, 9.17) is 10.5 Å². The maximum absolute atomic E-state index is 11.9. The van der Waals surface area contributed by atoms with Crippen molar-refractivity contribution < 1.29 is 14.6 Å². The molecule has 7 heteroatoms. The lowest BCUT2D eigenvalue weighted by Crippen LogP contribution is -2.54. The smallest absolute Gasteiger partial charge is 0.267 e. The summed E-state index contributed by atoms with van der Waals surface area (Å²) >= 11 is 0. The number of nitrogens with two attached hydrogens (primary N) is 1. The highest BCUT2D eigenvalue weighted by Gasteiger charge is 2.53. The molecule has 1 aromatic heterocycles. The normalized spacial score (nSPS) is 28.4. The maximum Gasteiger partial charge on any atom is 0.267 e. The maximum atomic E-state index is 11.9. The second kappa shape index (κ2) is 3.42. The van der Waals surface area contributed by atoms with E-state index < -0.39 is 23.2 Å². The molecule has 3 N–H and O–H groups in total. The summed E-state index contributed by atoms with van der Waals surface area (Å²) in [7, 11) is 0. The number of ether oxygens (including phenoxy) is 1. The van der Waals surface area contributed by atoms with Gasteiger partial charge in [0.2, 0.25) is 0 Å². The molecule has 0 radical (unpaired) electrons. The second-order valence-electron chi connectivity index (χ2n) is 4.38. The fourth-order valence-corrected chi connectivity index (χ4v) is 2.26. The van der Waals surface area contributed by atoms with Crippen molar-refractivity contribution in [2.45, 2.75) is 24.5 Å². The Morgan fingerprint density at radius 3 is 3.00 bits per heavy atom. The molecule has 2 atom stereocenters. The Hall–Kier alpha value is -2.15. The Labute approximate surface area is 102 Å². The second-order valence-corrected chi connectivity index (χ2v) is 4.38. The van der Waals surface area contributed by atoms with Crippen LogP contribution in [0.3, 0.4) is 0 Å². The van der Waals surface area contributed by atoms with E-state index in [1.54, 1.807) is 0 Å². The molecule has 7 nitrogen and oxygen atoms in total. The summed E-state index contributed by atoms with van der Waals surface area (Å²) in [5, 5.41) is 9.86. The quantitative estimate of drug-likeness (QED) is 0.674. The number of aromatic nitrogens is 2. The lowest BCUT2D eigenvalue weighted by molar-refractivity contribution is -0.166. The summed E-state index contributed by atoms with van der Waals surface area (Å²) in [6, 6.07) is 1.07. The van der Waals surface area contributed by atoms with Gasteiger partial charge in [-0.3, -0.25) is 14.2 Å². The Balaban J connectivity index is 2.25. The number of fused-ring (bicyclic) bond motifs is 2. The molecule has 1 aromatic rings. The van der Waals surface area contributed by atoms with Crippen molar-refractivity contribution in [3.8, 4) is 0 Å². The van der Waals surface area contributed by atoms with Crippen LogP contribution in [0.5, 0.6) is 0 Å². The summed E-state index contributed by atoms with van der Waals surface area (Å²) in [6.45, 7) is 0. The average Bonchev–Trinajstić information content (AvgIpc) is 2.36. The van der Waals surface area contributed by atoms with Crippen molar-refractivity contribution in [3.05, 3.63) is 34.2 Å². The molecule has 0 saturated heterocycles. The molecule has 0 bridgehead atoms. The molecule has 18 heavy (non-hydrogen) atoms. The molecule has 3 rings (SSSR count). The van der Waals surface area contributed by atoms with Gasteiger partial charge in [-0.25, -0.2) is 4.98 Å². The molecular weight excluding hydrogens is 238 g/mol. The molecule has 2 unspecified atom stereocenters. The lowest BCUT2D eigenvalue weighted by Gasteiger charge is -2.46. The Kier molecular flexibility index (Phi) is 2.09. The third kappa shape index (κ3) is 1.25. The third-order valence-electron chi connectivity index (χ3n) is 3.40. The number of nitrogens with zero attached hydrogens (tertiary/aromatic N) is 2. The van der Waals surface area contributed by atoms with Crippen LogP contribution in [0.25, 0.3) is 6.20 Å². The number of amides is 1. The highest BCUT2D eigenvalue weighted by atomic mass is 16.5. The first kappa shape index (κ1) is 11.0. The van der Waals surface area contributed by atoms with Gasteiger partial charge in [0.1, 0.15) is 18.1 Å². The number of aliphatic hydroxyl groups excluding tert-OH is 1. The van der Waals surface area contributed by atoms with Crippen LogP contribution >= 0.6 is 0 Å². The molecule has 0 aromatic carbocycles. The summed E-state index contributed by atoms with van der Waals surface area (Å²) in [5.74, 6) is -0.556. The standard InChI is InChI=1S/C11H11N3O4/c12-9(17)6-5-8(16)14-3-4-18-11(10(14)13-6)2-1-7(11)15/h3-5,7,15H,1-2H2,(H2,12,17). The summed E-state index contributed by atoms with van der Waals surface area (Å²) < 4.78 is 6.69.